The first-order chi connectivity index (χ1) is 24.8. The van der Waals surface area contributed by atoms with Crippen molar-refractivity contribution in [1.29, 1.82) is 0 Å². The molecule has 0 bridgehead atoms. The Kier molecular flexibility index (Phi) is 6.53. The van der Waals surface area contributed by atoms with Gasteiger partial charge in [0.25, 0.3) is 0 Å². The average Bonchev–Trinajstić information content (AvgIpc) is 3.77. The number of fused-ring (bicyclic) bond motifs is 6. The van der Waals surface area contributed by atoms with Crippen LogP contribution in [0.2, 0.25) is 0 Å². The van der Waals surface area contributed by atoms with Gasteiger partial charge in [-0.1, -0.05) is 170 Å². The molecule has 2 heteroatoms. The zero-order valence-electron chi connectivity index (χ0n) is 27.3. The highest BCUT2D eigenvalue weighted by Gasteiger charge is 2.15. The summed E-state index contributed by atoms with van der Waals surface area (Å²) in [6.07, 6.45) is 0. The number of benzene rings is 8. The Balaban J connectivity index is 1.01. The fourth-order valence-corrected chi connectivity index (χ4v) is 7.83. The summed E-state index contributed by atoms with van der Waals surface area (Å²) < 4.78 is 0. The summed E-state index contributed by atoms with van der Waals surface area (Å²) in [6, 6.07) is 65.8. The van der Waals surface area contributed by atoms with E-state index in [1.54, 1.807) is 0 Å². The van der Waals surface area contributed by atoms with Crippen LogP contribution in [-0.4, -0.2) is 9.97 Å². The van der Waals surface area contributed by atoms with Crippen molar-refractivity contribution in [3.63, 3.8) is 0 Å². The number of hydrogen-bond donors (Lipinski definition) is 2. The maximum absolute atomic E-state index is 3.67. The summed E-state index contributed by atoms with van der Waals surface area (Å²) in [6.45, 7) is 0. The van der Waals surface area contributed by atoms with Crippen LogP contribution in [0.5, 0.6) is 0 Å². The second-order valence-electron chi connectivity index (χ2n) is 13.0. The van der Waals surface area contributed by atoms with Gasteiger partial charge < -0.3 is 9.97 Å². The molecule has 50 heavy (non-hydrogen) atoms. The Bertz CT molecular complexity index is 2650. The molecule has 0 spiro atoms. The zero-order valence-corrected chi connectivity index (χ0v) is 27.3. The number of aromatic amines is 2. The predicted molar refractivity (Wildman–Crippen MR) is 212 cm³/mol. The molecule has 0 radical (unpaired) electrons. The van der Waals surface area contributed by atoms with Gasteiger partial charge in [-0.25, -0.2) is 0 Å². The topological polar surface area (TPSA) is 31.6 Å². The molecule has 2 nitrogen and oxygen atoms in total. The minimum absolute atomic E-state index is 1.17. The molecule has 2 aromatic heterocycles. The first-order valence-electron chi connectivity index (χ1n) is 17.2. The fourth-order valence-electron chi connectivity index (χ4n) is 7.83. The van der Waals surface area contributed by atoms with E-state index >= 15 is 0 Å². The van der Waals surface area contributed by atoms with E-state index in [9.17, 15) is 0 Å². The van der Waals surface area contributed by atoms with Gasteiger partial charge in [-0.05, 0) is 56.6 Å². The molecule has 0 unspecified atom stereocenters. The summed E-state index contributed by atoms with van der Waals surface area (Å²) in [7, 11) is 0. The average molecular weight is 637 g/mol. The second-order valence-corrected chi connectivity index (χ2v) is 13.0. The maximum atomic E-state index is 3.67. The van der Waals surface area contributed by atoms with E-state index in [0.29, 0.717) is 0 Å². The highest BCUT2D eigenvalue weighted by Crippen LogP contribution is 2.41. The normalized spacial score (nSPS) is 11.6. The summed E-state index contributed by atoms with van der Waals surface area (Å²) in [5.74, 6) is 0. The monoisotopic (exact) mass is 636 g/mol. The van der Waals surface area contributed by atoms with Gasteiger partial charge >= 0.3 is 0 Å². The van der Waals surface area contributed by atoms with Crippen LogP contribution in [0.1, 0.15) is 0 Å². The molecule has 2 N–H and O–H groups in total. The van der Waals surface area contributed by atoms with Gasteiger partial charge in [0.05, 0.1) is 11.0 Å². The van der Waals surface area contributed by atoms with Crippen LogP contribution in [0.15, 0.2) is 182 Å². The van der Waals surface area contributed by atoms with E-state index in [-0.39, 0.29) is 0 Å². The number of hydrogen-bond acceptors (Lipinski definition) is 0. The number of para-hydroxylation sites is 4. The lowest BCUT2D eigenvalue weighted by atomic mass is 9.88. The van der Waals surface area contributed by atoms with Crippen molar-refractivity contribution >= 4 is 43.6 Å². The van der Waals surface area contributed by atoms with E-state index in [1.165, 1.54) is 99.2 Å². The molecule has 0 aliphatic carbocycles. The number of nitrogens with one attached hydrogen (secondary N) is 2. The van der Waals surface area contributed by atoms with Gasteiger partial charge in [0.2, 0.25) is 0 Å². The Morgan fingerprint density at radius 3 is 0.940 bits per heavy atom. The van der Waals surface area contributed by atoms with Gasteiger partial charge in [0.15, 0.2) is 0 Å². The molecule has 0 fully saturated rings. The van der Waals surface area contributed by atoms with Gasteiger partial charge in [-0.2, -0.15) is 0 Å². The molecular formula is C48H32N2. The third-order valence-electron chi connectivity index (χ3n) is 10.2. The number of rotatable bonds is 5. The maximum Gasteiger partial charge on any atom is 0.0544 e. The van der Waals surface area contributed by atoms with E-state index < -0.39 is 0 Å². The van der Waals surface area contributed by atoms with Crippen LogP contribution in [0.25, 0.3) is 99.2 Å². The molecule has 10 aromatic rings. The van der Waals surface area contributed by atoms with Crippen LogP contribution in [0.3, 0.4) is 0 Å². The Morgan fingerprint density at radius 1 is 0.220 bits per heavy atom. The lowest BCUT2D eigenvalue weighted by Gasteiger charge is -2.15. The van der Waals surface area contributed by atoms with E-state index in [4.69, 9.17) is 0 Å². The minimum Gasteiger partial charge on any atom is -0.354 e. The second kappa shape index (κ2) is 11.5. The summed E-state index contributed by atoms with van der Waals surface area (Å²) in [5.41, 5.74) is 16.8. The fraction of sp³-hybridized carbons (Fsp3) is 0. The van der Waals surface area contributed by atoms with Crippen molar-refractivity contribution in [2.24, 2.45) is 0 Å². The van der Waals surface area contributed by atoms with Crippen LogP contribution in [0, 0.1) is 0 Å². The molecule has 0 amide bonds. The molecule has 2 heterocycles. The van der Waals surface area contributed by atoms with Gasteiger partial charge in [-0.15, -0.1) is 0 Å². The largest absolute Gasteiger partial charge is 0.354 e. The summed E-state index contributed by atoms with van der Waals surface area (Å²) >= 11 is 0. The van der Waals surface area contributed by atoms with Crippen LogP contribution >= 0.6 is 0 Å². The molecule has 0 saturated heterocycles. The van der Waals surface area contributed by atoms with Gasteiger partial charge in [0, 0.05) is 43.7 Å². The number of aromatic nitrogens is 2. The van der Waals surface area contributed by atoms with E-state index in [2.05, 4.69) is 192 Å². The molecule has 8 aromatic carbocycles. The van der Waals surface area contributed by atoms with Crippen molar-refractivity contribution in [3.8, 4) is 55.6 Å². The quantitative estimate of drug-likeness (QED) is 0.188. The smallest absolute Gasteiger partial charge is 0.0544 e. The molecule has 0 aliphatic heterocycles. The van der Waals surface area contributed by atoms with Crippen molar-refractivity contribution in [2.75, 3.05) is 0 Å². The summed E-state index contributed by atoms with van der Waals surface area (Å²) in [4.78, 5) is 7.34. The van der Waals surface area contributed by atoms with Crippen molar-refractivity contribution < 1.29 is 0 Å². The Labute approximate surface area is 290 Å². The SMILES string of the molecule is c1ccc(-c2ccccc2-c2ccc(-c3cccc4c3[nH]c3ccccc34)cc2)c(-c2ccc(-c3cccc4c3[nH]c3ccccc34)cc2)c1. The Hall–Kier alpha value is -6.64. The first kappa shape index (κ1) is 28.4. The zero-order chi connectivity index (χ0) is 33.0. The minimum atomic E-state index is 1.17. The third-order valence-corrected chi connectivity index (χ3v) is 10.2. The lowest BCUT2D eigenvalue weighted by molar-refractivity contribution is 1.53. The lowest BCUT2D eigenvalue weighted by Crippen LogP contribution is -1.90. The molecule has 0 atom stereocenters. The van der Waals surface area contributed by atoms with E-state index in [0.717, 1.165) is 0 Å². The first-order valence-corrected chi connectivity index (χ1v) is 17.2. The van der Waals surface area contributed by atoms with Crippen molar-refractivity contribution in [3.05, 3.63) is 182 Å². The van der Waals surface area contributed by atoms with Crippen LogP contribution in [0.4, 0.5) is 0 Å². The van der Waals surface area contributed by atoms with Crippen LogP contribution in [-0.2, 0) is 0 Å². The van der Waals surface area contributed by atoms with Crippen molar-refractivity contribution in [2.45, 2.75) is 0 Å². The molecule has 0 aliphatic rings. The van der Waals surface area contributed by atoms with Crippen LogP contribution < -0.4 is 0 Å². The van der Waals surface area contributed by atoms with Crippen molar-refractivity contribution in [1.82, 2.24) is 9.97 Å². The summed E-state index contributed by atoms with van der Waals surface area (Å²) in [5, 5.41) is 5.03. The third kappa shape index (κ3) is 4.57. The van der Waals surface area contributed by atoms with Gasteiger partial charge in [0.1, 0.15) is 0 Å². The highest BCUT2D eigenvalue weighted by atomic mass is 14.7. The Morgan fingerprint density at radius 2 is 0.520 bits per heavy atom. The predicted octanol–water partition coefficient (Wildman–Crippen LogP) is 13.3. The molecule has 10 rings (SSSR count). The molecular weight excluding hydrogens is 605 g/mol. The standard InChI is InChI=1S/C48H32N2/c1-3-13-39(35(11-1)31-23-27-33(28-24-31)37-17-9-19-43-41-15-5-7-21-45(41)49-47(37)43)40-14-4-2-12-36(40)32-25-29-34(30-26-32)38-18-10-20-44-42-16-6-8-22-46(42)50-48(38)44/h1-30,49-50H. The van der Waals surface area contributed by atoms with Gasteiger partial charge in [-0.3, -0.25) is 0 Å². The number of H-pyrrole nitrogens is 2. The van der Waals surface area contributed by atoms with E-state index in [1.807, 2.05) is 0 Å². The molecule has 234 valence electrons. The highest BCUT2D eigenvalue weighted by molar-refractivity contribution is 6.13. The molecule has 0 saturated carbocycles.